The van der Waals surface area contributed by atoms with Crippen LogP contribution in [0.3, 0.4) is 0 Å². The second-order valence-corrected chi connectivity index (χ2v) is 7.53. The zero-order valence-corrected chi connectivity index (χ0v) is 17.7. The summed E-state index contributed by atoms with van der Waals surface area (Å²) < 4.78 is 39.3. The van der Waals surface area contributed by atoms with Crippen LogP contribution in [-0.4, -0.2) is 23.3 Å². The van der Waals surface area contributed by atoms with Gasteiger partial charge < -0.3 is 20.1 Å². The van der Waals surface area contributed by atoms with Crippen molar-refractivity contribution in [2.75, 3.05) is 11.9 Å². The van der Waals surface area contributed by atoms with Crippen molar-refractivity contribution in [1.29, 1.82) is 0 Å². The molecule has 1 aliphatic rings. The topological polar surface area (TPSA) is 89.6 Å². The van der Waals surface area contributed by atoms with Crippen molar-refractivity contribution in [3.63, 3.8) is 0 Å². The van der Waals surface area contributed by atoms with Crippen molar-refractivity contribution >= 4 is 17.5 Å². The van der Waals surface area contributed by atoms with Gasteiger partial charge in [0.15, 0.2) is 0 Å². The van der Waals surface area contributed by atoms with Gasteiger partial charge in [-0.1, -0.05) is 0 Å². The van der Waals surface area contributed by atoms with Crippen LogP contribution in [0.4, 0.5) is 14.5 Å². The third-order valence-corrected chi connectivity index (χ3v) is 5.02. The molecule has 7 nitrogen and oxygen atoms in total. The molecule has 0 spiro atoms. The highest BCUT2D eigenvalue weighted by molar-refractivity contribution is 5.94. The minimum atomic E-state index is -0.560. The number of nitrogens with one attached hydrogen (secondary N) is 2. The maximum atomic E-state index is 14.1. The van der Waals surface area contributed by atoms with Gasteiger partial charge in [0.1, 0.15) is 29.2 Å². The lowest BCUT2D eigenvalue weighted by Crippen LogP contribution is -2.31. The number of halogens is 2. The Bertz CT molecular complexity index is 1180. The third kappa shape index (κ3) is 5.62. The summed E-state index contributed by atoms with van der Waals surface area (Å²) in [4.78, 5) is 26.8. The Balaban J connectivity index is 1.38. The lowest BCUT2D eigenvalue weighted by Gasteiger charge is -2.27. The van der Waals surface area contributed by atoms with Crippen LogP contribution >= 0.6 is 0 Å². The van der Waals surface area contributed by atoms with E-state index < -0.39 is 17.7 Å². The van der Waals surface area contributed by atoms with E-state index in [0.717, 1.165) is 17.7 Å². The molecule has 3 aromatic rings. The van der Waals surface area contributed by atoms with Crippen LogP contribution in [0.5, 0.6) is 17.4 Å². The smallest absolute Gasteiger partial charge is 0.243 e. The van der Waals surface area contributed by atoms with E-state index in [1.54, 1.807) is 24.3 Å². The van der Waals surface area contributed by atoms with Gasteiger partial charge in [-0.2, -0.15) is 0 Å². The predicted octanol–water partition coefficient (Wildman–Crippen LogP) is 4.29. The van der Waals surface area contributed by atoms with Crippen LogP contribution in [0.25, 0.3) is 0 Å². The molecule has 2 heterocycles. The summed E-state index contributed by atoms with van der Waals surface area (Å²) in [6.07, 6.45) is 2.00. The first-order chi connectivity index (χ1) is 15.9. The van der Waals surface area contributed by atoms with Gasteiger partial charge >= 0.3 is 0 Å². The largest absolute Gasteiger partial charge is 0.485 e. The molecule has 0 saturated heterocycles. The van der Waals surface area contributed by atoms with Gasteiger partial charge in [-0.05, 0) is 60.9 Å². The molecule has 33 heavy (non-hydrogen) atoms. The van der Waals surface area contributed by atoms with E-state index in [-0.39, 0.29) is 23.9 Å². The molecule has 1 aromatic heterocycles. The molecule has 0 aliphatic carbocycles. The zero-order valence-electron chi connectivity index (χ0n) is 17.7. The van der Waals surface area contributed by atoms with Crippen molar-refractivity contribution in [2.45, 2.75) is 25.9 Å². The number of rotatable bonds is 6. The molecule has 0 bridgehead atoms. The van der Waals surface area contributed by atoms with E-state index in [2.05, 4.69) is 15.6 Å². The van der Waals surface area contributed by atoms with Gasteiger partial charge in [-0.25, -0.2) is 13.8 Å². The van der Waals surface area contributed by atoms with E-state index in [4.69, 9.17) is 9.47 Å². The summed E-state index contributed by atoms with van der Waals surface area (Å²) in [5.74, 6) is -0.201. The summed E-state index contributed by atoms with van der Waals surface area (Å²) in [5.41, 5.74) is 1.56. The molecule has 1 unspecified atom stereocenters. The maximum absolute atomic E-state index is 14.1. The number of amides is 2. The number of anilines is 1. The van der Waals surface area contributed by atoms with Crippen LogP contribution in [0.1, 0.15) is 30.6 Å². The molecule has 0 radical (unpaired) electrons. The van der Waals surface area contributed by atoms with Gasteiger partial charge in [0.25, 0.3) is 0 Å². The summed E-state index contributed by atoms with van der Waals surface area (Å²) in [7, 11) is 0. The number of carbonyl (C=O) groups excluding carboxylic acids is 2. The molecule has 2 aromatic carbocycles. The fourth-order valence-corrected chi connectivity index (χ4v) is 3.45. The molecular weight excluding hydrogens is 432 g/mol. The Morgan fingerprint density at radius 2 is 2.00 bits per heavy atom. The molecule has 2 N–H and O–H groups in total. The highest BCUT2D eigenvalue weighted by Crippen LogP contribution is 2.38. The lowest BCUT2D eigenvalue weighted by molar-refractivity contribution is -0.122. The van der Waals surface area contributed by atoms with Crippen LogP contribution in [0.15, 0.2) is 54.7 Å². The number of fused-ring (bicyclic) bond motifs is 1. The van der Waals surface area contributed by atoms with Crippen molar-refractivity contribution in [3.8, 4) is 17.4 Å². The Morgan fingerprint density at radius 3 is 2.76 bits per heavy atom. The average molecular weight is 453 g/mol. The number of nitrogens with zero attached hydrogens (tertiary/aromatic N) is 1. The fraction of sp³-hybridized carbons (Fsp3) is 0.208. The summed E-state index contributed by atoms with van der Waals surface area (Å²) >= 11 is 0. The van der Waals surface area contributed by atoms with E-state index in [1.165, 1.54) is 19.2 Å². The van der Waals surface area contributed by atoms with Crippen molar-refractivity contribution in [3.05, 3.63) is 77.5 Å². The number of hydrogen-bond donors (Lipinski definition) is 2. The Morgan fingerprint density at radius 1 is 1.15 bits per heavy atom. The number of aromatic nitrogens is 1. The second kappa shape index (κ2) is 9.64. The number of ether oxygens (including phenoxy) is 2. The van der Waals surface area contributed by atoms with Crippen LogP contribution in [0, 0.1) is 11.6 Å². The Kier molecular flexibility index (Phi) is 6.48. The number of benzene rings is 2. The van der Waals surface area contributed by atoms with Crippen molar-refractivity contribution in [1.82, 2.24) is 10.3 Å². The fourth-order valence-electron chi connectivity index (χ4n) is 3.45. The molecule has 170 valence electrons. The molecular formula is C24H21F2N3O4. The van der Waals surface area contributed by atoms with Crippen molar-refractivity contribution < 1.29 is 27.8 Å². The molecule has 0 saturated carbocycles. The number of carbonyl (C=O) groups is 2. The highest BCUT2D eigenvalue weighted by atomic mass is 19.1. The highest BCUT2D eigenvalue weighted by Gasteiger charge is 2.24. The molecule has 1 atom stereocenters. The normalized spacial score (nSPS) is 14.6. The Labute approximate surface area is 188 Å². The first-order valence-electron chi connectivity index (χ1n) is 10.3. The van der Waals surface area contributed by atoms with Crippen LogP contribution in [-0.2, 0) is 16.0 Å². The third-order valence-electron chi connectivity index (χ3n) is 5.02. The Hall–Kier alpha value is -4.01. The van der Waals surface area contributed by atoms with E-state index in [0.29, 0.717) is 35.9 Å². The minimum Gasteiger partial charge on any atom is -0.485 e. The lowest BCUT2D eigenvalue weighted by atomic mass is 9.97. The zero-order chi connectivity index (χ0) is 23.4. The average Bonchev–Trinajstić information content (AvgIpc) is 2.80. The predicted molar refractivity (Wildman–Crippen MR) is 116 cm³/mol. The van der Waals surface area contributed by atoms with Crippen LogP contribution in [0.2, 0.25) is 0 Å². The summed E-state index contributed by atoms with van der Waals surface area (Å²) in [6.45, 7) is 1.20. The summed E-state index contributed by atoms with van der Waals surface area (Å²) in [5, 5.41) is 5.03. The first kappa shape index (κ1) is 22.2. The second-order valence-electron chi connectivity index (χ2n) is 7.53. The number of hydrogen-bond acceptors (Lipinski definition) is 5. The quantitative estimate of drug-likeness (QED) is 0.581. The molecule has 2 amide bonds. The monoisotopic (exact) mass is 453 g/mol. The molecule has 9 heteroatoms. The van der Waals surface area contributed by atoms with E-state index >= 15 is 0 Å². The molecule has 0 fully saturated rings. The van der Waals surface area contributed by atoms with Gasteiger partial charge in [0, 0.05) is 18.6 Å². The first-order valence-corrected chi connectivity index (χ1v) is 10.3. The number of pyridine rings is 1. The van der Waals surface area contributed by atoms with Gasteiger partial charge in [-0.3, -0.25) is 9.59 Å². The molecule has 1 aliphatic heterocycles. The number of aryl methyl sites for hydroxylation is 1. The van der Waals surface area contributed by atoms with Crippen molar-refractivity contribution in [2.24, 2.45) is 0 Å². The van der Waals surface area contributed by atoms with Gasteiger partial charge in [-0.15, -0.1) is 0 Å². The van der Waals surface area contributed by atoms with E-state index in [1.807, 2.05) is 6.07 Å². The van der Waals surface area contributed by atoms with Crippen LogP contribution < -0.4 is 20.1 Å². The van der Waals surface area contributed by atoms with E-state index in [9.17, 15) is 18.4 Å². The maximum Gasteiger partial charge on any atom is 0.243 e. The van der Waals surface area contributed by atoms with Gasteiger partial charge in [0.2, 0.25) is 17.7 Å². The SMILES string of the molecule is CC(=O)NCC(=O)Nc1ccc(Oc2ccc3c(c2)CCC(c2cc(F)ccc2F)O3)nc1. The van der Waals surface area contributed by atoms with Gasteiger partial charge in [0.05, 0.1) is 18.4 Å². The molecule has 4 rings (SSSR count). The summed E-state index contributed by atoms with van der Waals surface area (Å²) in [6, 6.07) is 11.8. The minimum absolute atomic E-state index is 0.127. The standard InChI is InChI=1S/C24H21F2N3O4/c1-14(30)27-13-23(31)29-17-4-9-24(28-12-17)32-18-5-8-21-15(10-18)2-7-22(33-21)19-11-16(25)3-6-20(19)26/h3-6,8-12,22H,2,7,13H2,1H3,(H,27,30)(H,29,31).